The van der Waals surface area contributed by atoms with Gasteiger partial charge in [-0.15, -0.1) is 0 Å². The van der Waals surface area contributed by atoms with Gasteiger partial charge in [0.25, 0.3) is 0 Å². The molecule has 0 spiro atoms. The number of hydrogen-bond donors (Lipinski definition) is 1. The van der Waals surface area contributed by atoms with Crippen molar-refractivity contribution in [3.8, 4) is 11.3 Å². The molecule has 2 aromatic rings. The highest BCUT2D eigenvalue weighted by Gasteiger charge is 2.04. The summed E-state index contributed by atoms with van der Waals surface area (Å²) < 4.78 is 0. The van der Waals surface area contributed by atoms with Crippen LogP contribution in [0.2, 0.25) is 0 Å². The molecule has 0 atom stereocenters. The average Bonchev–Trinajstić information content (AvgIpc) is 2.29. The summed E-state index contributed by atoms with van der Waals surface area (Å²) in [5, 5.41) is 2.95. The molecule has 0 amide bonds. The number of nitrogens with one attached hydrogen (secondary N) is 1. The third-order valence-electron chi connectivity index (χ3n) is 2.54. The highest BCUT2D eigenvalue weighted by atomic mass is 15.1. The van der Waals surface area contributed by atoms with Crippen molar-refractivity contribution in [1.29, 1.82) is 0 Å². The lowest BCUT2D eigenvalue weighted by atomic mass is 10.0. The molecule has 3 heteroatoms. The van der Waals surface area contributed by atoms with Crippen LogP contribution in [0.1, 0.15) is 11.1 Å². The van der Waals surface area contributed by atoms with Gasteiger partial charge in [0.2, 0.25) is 5.95 Å². The van der Waals surface area contributed by atoms with E-state index in [-0.39, 0.29) is 0 Å². The van der Waals surface area contributed by atoms with Gasteiger partial charge in [-0.3, -0.25) is 0 Å². The van der Waals surface area contributed by atoms with Gasteiger partial charge in [-0.05, 0) is 25.5 Å². The zero-order valence-electron chi connectivity index (χ0n) is 9.78. The van der Waals surface area contributed by atoms with Crippen LogP contribution in [0.25, 0.3) is 11.3 Å². The first-order chi connectivity index (χ1) is 7.70. The second kappa shape index (κ2) is 4.31. The standard InChI is InChI=1S/C13H15N3/c1-9-4-5-11(10(2)8-9)12-6-7-15-13(14-3)16-12/h4-8H,1-3H3,(H,14,15,16). The number of hydrogen-bond acceptors (Lipinski definition) is 3. The molecule has 1 N–H and O–H groups in total. The molecule has 0 fully saturated rings. The van der Waals surface area contributed by atoms with Crippen LogP contribution in [0.4, 0.5) is 5.95 Å². The van der Waals surface area contributed by atoms with Crippen LogP contribution in [-0.2, 0) is 0 Å². The number of aryl methyl sites for hydroxylation is 2. The van der Waals surface area contributed by atoms with E-state index in [0.717, 1.165) is 11.3 Å². The second-order valence-corrected chi connectivity index (χ2v) is 3.83. The second-order valence-electron chi connectivity index (χ2n) is 3.83. The topological polar surface area (TPSA) is 37.8 Å². The van der Waals surface area contributed by atoms with Crippen molar-refractivity contribution >= 4 is 5.95 Å². The summed E-state index contributed by atoms with van der Waals surface area (Å²) in [6.45, 7) is 4.19. The first-order valence-corrected chi connectivity index (χ1v) is 5.29. The van der Waals surface area contributed by atoms with Crippen LogP contribution in [-0.4, -0.2) is 17.0 Å². The number of rotatable bonds is 2. The Bertz CT molecular complexity index is 506. The Morgan fingerprint density at radius 3 is 2.62 bits per heavy atom. The van der Waals surface area contributed by atoms with E-state index in [1.807, 2.05) is 13.1 Å². The Hall–Kier alpha value is -1.90. The van der Waals surface area contributed by atoms with Crippen molar-refractivity contribution in [2.24, 2.45) is 0 Å². The summed E-state index contributed by atoms with van der Waals surface area (Å²) in [7, 11) is 1.82. The van der Waals surface area contributed by atoms with Crippen molar-refractivity contribution in [2.75, 3.05) is 12.4 Å². The summed E-state index contributed by atoms with van der Waals surface area (Å²) in [5.41, 5.74) is 4.62. The number of nitrogens with zero attached hydrogens (tertiary/aromatic N) is 2. The largest absolute Gasteiger partial charge is 0.357 e. The molecule has 0 saturated carbocycles. The molecule has 3 nitrogen and oxygen atoms in total. The molecule has 1 aromatic heterocycles. The first kappa shape index (κ1) is 10.6. The van der Waals surface area contributed by atoms with Gasteiger partial charge in [-0.2, -0.15) is 0 Å². The maximum Gasteiger partial charge on any atom is 0.222 e. The van der Waals surface area contributed by atoms with E-state index >= 15 is 0 Å². The van der Waals surface area contributed by atoms with Crippen LogP contribution < -0.4 is 5.32 Å². The van der Waals surface area contributed by atoms with Crippen molar-refractivity contribution in [1.82, 2.24) is 9.97 Å². The van der Waals surface area contributed by atoms with E-state index in [1.165, 1.54) is 11.1 Å². The number of anilines is 1. The molecule has 0 aliphatic carbocycles. The lowest BCUT2D eigenvalue weighted by Crippen LogP contribution is -1.97. The van der Waals surface area contributed by atoms with Crippen LogP contribution >= 0.6 is 0 Å². The van der Waals surface area contributed by atoms with Crippen molar-refractivity contribution in [3.05, 3.63) is 41.6 Å². The fourth-order valence-corrected chi connectivity index (χ4v) is 1.73. The van der Waals surface area contributed by atoms with E-state index in [9.17, 15) is 0 Å². The summed E-state index contributed by atoms with van der Waals surface area (Å²) in [4.78, 5) is 8.54. The molecule has 82 valence electrons. The van der Waals surface area contributed by atoms with E-state index in [2.05, 4.69) is 47.3 Å². The summed E-state index contributed by atoms with van der Waals surface area (Å²) in [6, 6.07) is 8.30. The fourth-order valence-electron chi connectivity index (χ4n) is 1.73. The lowest BCUT2D eigenvalue weighted by molar-refractivity contribution is 1.15. The Kier molecular flexibility index (Phi) is 2.86. The van der Waals surface area contributed by atoms with Gasteiger partial charge >= 0.3 is 0 Å². The molecule has 0 aliphatic heterocycles. The Labute approximate surface area is 95.6 Å². The van der Waals surface area contributed by atoms with Crippen LogP contribution in [0.5, 0.6) is 0 Å². The van der Waals surface area contributed by atoms with Gasteiger partial charge in [-0.1, -0.05) is 23.8 Å². The minimum atomic E-state index is 0.650. The molecule has 0 aliphatic rings. The van der Waals surface area contributed by atoms with E-state index in [0.29, 0.717) is 5.95 Å². The van der Waals surface area contributed by atoms with E-state index < -0.39 is 0 Å². The Balaban J connectivity index is 2.49. The maximum atomic E-state index is 4.43. The maximum absolute atomic E-state index is 4.43. The molecule has 1 aromatic carbocycles. The van der Waals surface area contributed by atoms with Crippen molar-refractivity contribution < 1.29 is 0 Å². The third kappa shape index (κ3) is 2.03. The summed E-state index contributed by atoms with van der Waals surface area (Å²) >= 11 is 0. The van der Waals surface area contributed by atoms with Crippen LogP contribution in [0.3, 0.4) is 0 Å². The van der Waals surface area contributed by atoms with Crippen molar-refractivity contribution in [2.45, 2.75) is 13.8 Å². The normalized spacial score (nSPS) is 10.2. The van der Waals surface area contributed by atoms with Gasteiger partial charge in [-0.25, -0.2) is 9.97 Å². The highest BCUT2D eigenvalue weighted by molar-refractivity contribution is 5.64. The molecule has 1 heterocycles. The number of aromatic nitrogens is 2. The molecular weight excluding hydrogens is 198 g/mol. The van der Waals surface area contributed by atoms with Crippen molar-refractivity contribution in [3.63, 3.8) is 0 Å². The van der Waals surface area contributed by atoms with E-state index in [1.54, 1.807) is 6.20 Å². The lowest BCUT2D eigenvalue weighted by Gasteiger charge is -2.07. The van der Waals surface area contributed by atoms with Gasteiger partial charge in [0, 0.05) is 18.8 Å². The fraction of sp³-hybridized carbons (Fsp3) is 0.231. The predicted octanol–water partition coefficient (Wildman–Crippen LogP) is 2.80. The highest BCUT2D eigenvalue weighted by Crippen LogP contribution is 2.22. The quantitative estimate of drug-likeness (QED) is 0.833. The zero-order valence-corrected chi connectivity index (χ0v) is 9.78. The monoisotopic (exact) mass is 213 g/mol. The minimum absolute atomic E-state index is 0.650. The van der Waals surface area contributed by atoms with Gasteiger partial charge in [0.15, 0.2) is 0 Å². The minimum Gasteiger partial charge on any atom is -0.357 e. The zero-order chi connectivity index (χ0) is 11.5. The summed E-state index contributed by atoms with van der Waals surface area (Å²) in [5.74, 6) is 0.650. The Morgan fingerprint density at radius 2 is 1.94 bits per heavy atom. The molecule has 0 unspecified atom stereocenters. The molecule has 0 bridgehead atoms. The first-order valence-electron chi connectivity index (χ1n) is 5.29. The SMILES string of the molecule is CNc1nccc(-c2ccc(C)cc2C)n1. The molecule has 16 heavy (non-hydrogen) atoms. The smallest absolute Gasteiger partial charge is 0.222 e. The van der Waals surface area contributed by atoms with E-state index in [4.69, 9.17) is 0 Å². The summed E-state index contributed by atoms with van der Waals surface area (Å²) in [6.07, 6.45) is 1.77. The van der Waals surface area contributed by atoms with Crippen LogP contribution in [0.15, 0.2) is 30.5 Å². The molecule has 0 radical (unpaired) electrons. The van der Waals surface area contributed by atoms with Gasteiger partial charge in [0.05, 0.1) is 5.69 Å². The predicted molar refractivity (Wildman–Crippen MR) is 66.5 cm³/mol. The number of benzene rings is 1. The van der Waals surface area contributed by atoms with Gasteiger partial charge in [0.1, 0.15) is 0 Å². The molecular formula is C13H15N3. The van der Waals surface area contributed by atoms with Crippen LogP contribution in [0, 0.1) is 13.8 Å². The molecule has 0 saturated heterocycles. The average molecular weight is 213 g/mol. The third-order valence-corrected chi connectivity index (χ3v) is 2.54. The van der Waals surface area contributed by atoms with Gasteiger partial charge < -0.3 is 5.32 Å². The molecule has 2 rings (SSSR count). The Morgan fingerprint density at radius 1 is 1.12 bits per heavy atom.